The fourth-order valence-electron chi connectivity index (χ4n) is 3.32. The molecule has 24 heavy (non-hydrogen) atoms. The first-order valence-electron chi connectivity index (χ1n) is 8.43. The first-order valence-corrected chi connectivity index (χ1v) is 10.2. The number of thioether (sulfide) groups is 1. The van der Waals surface area contributed by atoms with Gasteiger partial charge in [-0.25, -0.2) is 0 Å². The summed E-state index contributed by atoms with van der Waals surface area (Å²) in [6.07, 6.45) is 0.655. The van der Waals surface area contributed by atoms with Crippen LogP contribution in [0.1, 0.15) is 13.3 Å². The maximum Gasteiger partial charge on any atom is 0.0731 e. The molecular weight excluding hydrogens is 334 g/mol. The number of β-amino-alcohol motifs (C(OH)–C–C–N with tert-alkyl or cyclic N) is 1. The number of anilines is 1. The summed E-state index contributed by atoms with van der Waals surface area (Å²) in [5.41, 5.74) is 2.54. The number of rotatable bonds is 4. The van der Waals surface area contributed by atoms with Crippen molar-refractivity contribution in [1.29, 1.82) is 0 Å². The molecule has 1 N–H and O–H groups in total. The number of nitrogens with zero attached hydrogens (tertiary/aromatic N) is 1. The van der Waals surface area contributed by atoms with Crippen LogP contribution in [0.25, 0.3) is 20.5 Å². The summed E-state index contributed by atoms with van der Waals surface area (Å²) in [7, 11) is 0. The van der Waals surface area contributed by atoms with Gasteiger partial charge in [-0.1, -0.05) is 25.1 Å². The molecule has 0 bridgehead atoms. The number of hydrogen-bond acceptors (Lipinski definition) is 4. The van der Waals surface area contributed by atoms with Gasteiger partial charge < -0.3 is 10.0 Å². The first kappa shape index (κ1) is 16.0. The van der Waals surface area contributed by atoms with E-state index in [4.69, 9.17) is 0 Å². The summed E-state index contributed by atoms with van der Waals surface area (Å²) in [6.45, 7) is 3.85. The molecule has 1 atom stereocenters. The van der Waals surface area contributed by atoms with Crippen molar-refractivity contribution >= 4 is 38.9 Å². The monoisotopic (exact) mass is 355 g/mol. The molecule has 1 aliphatic heterocycles. The maximum atomic E-state index is 9.93. The normalized spacial score (nSPS) is 17.8. The highest BCUT2D eigenvalue weighted by atomic mass is 32.2. The molecule has 0 amide bonds. The molecule has 0 radical (unpaired) electrons. The van der Waals surface area contributed by atoms with Gasteiger partial charge in [0.05, 0.1) is 6.10 Å². The lowest BCUT2D eigenvalue weighted by Gasteiger charge is -2.22. The summed E-state index contributed by atoms with van der Waals surface area (Å²) >= 11 is 3.73. The highest BCUT2D eigenvalue weighted by Crippen LogP contribution is 2.41. The topological polar surface area (TPSA) is 23.5 Å². The molecule has 1 fully saturated rings. The Hall–Kier alpha value is -1.49. The van der Waals surface area contributed by atoms with Crippen molar-refractivity contribution < 1.29 is 5.11 Å². The Morgan fingerprint density at radius 1 is 1.21 bits per heavy atom. The quantitative estimate of drug-likeness (QED) is 0.647. The van der Waals surface area contributed by atoms with Gasteiger partial charge in [0.1, 0.15) is 0 Å². The molecule has 2 aromatic carbocycles. The Morgan fingerprint density at radius 3 is 2.83 bits per heavy atom. The van der Waals surface area contributed by atoms with Crippen LogP contribution >= 0.6 is 23.1 Å². The summed E-state index contributed by atoms with van der Waals surface area (Å²) in [4.78, 5) is 4.95. The Labute approximate surface area is 151 Å². The fourth-order valence-corrected chi connectivity index (χ4v) is 5.11. The van der Waals surface area contributed by atoms with Gasteiger partial charge in [0.15, 0.2) is 0 Å². The minimum Gasteiger partial charge on any atom is -0.391 e. The number of aliphatic hydroxyl groups is 1. The van der Waals surface area contributed by atoms with Gasteiger partial charge in [0, 0.05) is 38.8 Å². The predicted molar refractivity (Wildman–Crippen MR) is 106 cm³/mol. The summed E-state index contributed by atoms with van der Waals surface area (Å²) in [5.74, 6) is 1.08. The number of fused-ring (bicyclic) bond motifs is 1. The van der Waals surface area contributed by atoms with Crippen molar-refractivity contribution in [3.63, 3.8) is 0 Å². The van der Waals surface area contributed by atoms with Crippen molar-refractivity contribution in [3.05, 3.63) is 48.5 Å². The molecule has 4 heteroatoms. The third kappa shape index (κ3) is 3.06. The van der Waals surface area contributed by atoms with Gasteiger partial charge >= 0.3 is 0 Å². The third-order valence-corrected chi connectivity index (χ3v) is 6.50. The predicted octanol–water partition coefficient (Wildman–Crippen LogP) is 5.25. The molecular formula is C20H21NOS2. The minimum atomic E-state index is -0.204. The molecule has 3 aromatic rings. The molecule has 0 saturated carbocycles. The second-order valence-electron chi connectivity index (χ2n) is 6.15. The van der Waals surface area contributed by atoms with E-state index in [0.717, 1.165) is 25.3 Å². The zero-order valence-corrected chi connectivity index (χ0v) is 15.4. The van der Waals surface area contributed by atoms with E-state index in [1.807, 2.05) is 23.1 Å². The fraction of sp³-hybridized carbons (Fsp3) is 0.300. The molecule has 4 rings (SSSR count). The van der Waals surface area contributed by atoms with Crippen LogP contribution in [-0.2, 0) is 0 Å². The lowest BCUT2D eigenvalue weighted by Crippen LogP contribution is -2.21. The van der Waals surface area contributed by atoms with Crippen LogP contribution in [0.5, 0.6) is 0 Å². The highest BCUT2D eigenvalue weighted by Gasteiger charge is 2.23. The van der Waals surface area contributed by atoms with Crippen molar-refractivity contribution in [1.82, 2.24) is 0 Å². The summed E-state index contributed by atoms with van der Waals surface area (Å²) in [6, 6.07) is 17.6. The Morgan fingerprint density at radius 2 is 2.08 bits per heavy atom. The molecule has 1 aromatic heterocycles. The summed E-state index contributed by atoms with van der Waals surface area (Å²) < 4.78 is 1.33. The molecule has 2 nitrogen and oxygen atoms in total. The van der Waals surface area contributed by atoms with Crippen molar-refractivity contribution in [2.75, 3.05) is 23.7 Å². The lowest BCUT2D eigenvalue weighted by atomic mass is 10.1. The zero-order chi connectivity index (χ0) is 16.5. The van der Waals surface area contributed by atoms with Crippen molar-refractivity contribution in [2.45, 2.75) is 24.3 Å². The Balaban J connectivity index is 1.82. The van der Waals surface area contributed by atoms with Gasteiger partial charge in [-0.3, -0.25) is 0 Å². The van der Waals surface area contributed by atoms with E-state index in [2.05, 4.69) is 60.4 Å². The largest absolute Gasteiger partial charge is 0.391 e. The molecule has 0 aliphatic carbocycles. The van der Waals surface area contributed by atoms with E-state index < -0.39 is 0 Å². The van der Waals surface area contributed by atoms with Gasteiger partial charge in [-0.05, 0) is 47.9 Å². The van der Waals surface area contributed by atoms with E-state index in [-0.39, 0.29) is 6.10 Å². The van der Waals surface area contributed by atoms with Crippen LogP contribution in [0.4, 0.5) is 5.69 Å². The highest BCUT2D eigenvalue weighted by molar-refractivity contribution is 7.99. The Bertz CT molecular complexity index is 825. The molecule has 0 spiro atoms. The first-order chi connectivity index (χ1) is 11.7. The average Bonchev–Trinajstić information content (AvgIpc) is 3.21. The van der Waals surface area contributed by atoms with Crippen LogP contribution in [-0.4, -0.2) is 30.1 Å². The SMILES string of the molecule is CCSc1ccc(N2CCC(O)C2)c(-c2cc3ccccc3s2)c1. The standard InChI is InChI=1S/C20H21NOS2/c1-2-23-16-7-8-18(21-10-9-15(22)13-21)17(12-16)20-11-14-5-3-4-6-19(14)24-20/h3-8,11-12,15,22H,2,9-10,13H2,1H3. The maximum absolute atomic E-state index is 9.93. The molecule has 1 saturated heterocycles. The second-order valence-corrected chi connectivity index (χ2v) is 8.57. The van der Waals surface area contributed by atoms with Gasteiger partial charge in [0.2, 0.25) is 0 Å². The molecule has 2 heterocycles. The van der Waals surface area contributed by atoms with Crippen LogP contribution in [0.2, 0.25) is 0 Å². The van der Waals surface area contributed by atoms with Crippen LogP contribution in [0.15, 0.2) is 53.4 Å². The molecule has 124 valence electrons. The smallest absolute Gasteiger partial charge is 0.0731 e. The minimum absolute atomic E-state index is 0.204. The summed E-state index contributed by atoms with van der Waals surface area (Å²) in [5, 5.41) is 11.2. The number of hydrogen-bond donors (Lipinski definition) is 1. The van der Waals surface area contributed by atoms with E-state index in [1.165, 1.54) is 31.1 Å². The van der Waals surface area contributed by atoms with Crippen LogP contribution in [0.3, 0.4) is 0 Å². The van der Waals surface area contributed by atoms with Crippen LogP contribution < -0.4 is 4.90 Å². The van der Waals surface area contributed by atoms with Crippen molar-refractivity contribution in [2.24, 2.45) is 0 Å². The van der Waals surface area contributed by atoms with Gasteiger partial charge in [-0.15, -0.1) is 23.1 Å². The second kappa shape index (κ2) is 6.79. The third-order valence-electron chi connectivity index (χ3n) is 4.47. The van der Waals surface area contributed by atoms with E-state index in [0.29, 0.717) is 0 Å². The van der Waals surface area contributed by atoms with Crippen molar-refractivity contribution in [3.8, 4) is 10.4 Å². The Kier molecular flexibility index (Phi) is 4.53. The molecule has 1 unspecified atom stereocenters. The number of thiophene rings is 1. The average molecular weight is 356 g/mol. The zero-order valence-electron chi connectivity index (χ0n) is 13.7. The molecule has 1 aliphatic rings. The van der Waals surface area contributed by atoms with Gasteiger partial charge in [-0.2, -0.15) is 0 Å². The number of benzene rings is 2. The van der Waals surface area contributed by atoms with Crippen LogP contribution in [0, 0.1) is 0 Å². The lowest BCUT2D eigenvalue weighted by molar-refractivity contribution is 0.198. The van der Waals surface area contributed by atoms with E-state index in [9.17, 15) is 5.11 Å². The van der Waals surface area contributed by atoms with E-state index >= 15 is 0 Å². The van der Waals surface area contributed by atoms with Gasteiger partial charge in [0.25, 0.3) is 0 Å². The number of aliphatic hydroxyl groups excluding tert-OH is 1. The van der Waals surface area contributed by atoms with E-state index in [1.54, 1.807) is 0 Å².